The quantitative estimate of drug-likeness (QED) is 0.815. The van der Waals surface area contributed by atoms with Crippen molar-refractivity contribution in [2.75, 3.05) is 0 Å². The minimum atomic E-state index is -1.00. The molecule has 2 aromatic heterocycles. The summed E-state index contributed by atoms with van der Waals surface area (Å²) in [6, 6.07) is 5.48. The third kappa shape index (κ3) is 1.62. The van der Waals surface area contributed by atoms with Crippen molar-refractivity contribution in [2.24, 2.45) is 0 Å². The molecule has 2 aromatic rings. The molecule has 0 saturated heterocycles. The van der Waals surface area contributed by atoms with Crippen molar-refractivity contribution in [3.05, 3.63) is 35.6 Å². The van der Waals surface area contributed by atoms with Crippen LogP contribution < -0.4 is 0 Å². The second-order valence-electron chi connectivity index (χ2n) is 2.55. The van der Waals surface area contributed by atoms with Crippen LogP contribution in [0.4, 0.5) is 0 Å². The first kappa shape index (κ1) is 8.83. The van der Waals surface area contributed by atoms with Crippen LogP contribution >= 0.6 is 11.3 Å². The van der Waals surface area contributed by atoms with Gasteiger partial charge in [-0.25, -0.2) is 9.78 Å². The van der Waals surface area contributed by atoms with Crippen LogP contribution in [0.2, 0.25) is 0 Å². The van der Waals surface area contributed by atoms with Crippen LogP contribution in [0.15, 0.2) is 30.6 Å². The molecule has 0 aliphatic rings. The van der Waals surface area contributed by atoms with Crippen LogP contribution in [0, 0.1) is 0 Å². The molecule has 0 spiro atoms. The van der Waals surface area contributed by atoms with Crippen LogP contribution in [-0.2, 0) is 0 Å². The first-order valence-corrected chi connectivity index (χ1v) is 4.69. The summed E-state index contributed by atoms with van der Waals surface area (Å²) in [5, 5.41) is 8.76. The Labute approximate surface area is 83.9 Å². The third-order valence-electron chi connectivity index (χ3n) is 1.61. The molecule has 0 aliphatic carbocycles. The van der Waals surface area contributed by atoms with Gasteiger partial charge in [-0.05, 0) is 12.1 Å². The van der Waals surface area contributed by atoms with E-state index in [4.69, 9.17) is 5.11 Å². The Bertz CT molecular complexity index is 453. The molecule has 5 heteroatoms. The molecule has 70 valence electrons. The van der Waals surface area contributed by atoms with Gasteiger partial charge in [-0.3, -0.25) is 4.98 Å². The lowest BCUT2D eigenvalue weighted by molar-refractivity contribution is 0.0696. The van der Waals surface area contributed by atoms with Crippen molar-refractivity contribution in [3.8, 4) is 10.6 Å². The van der Waals surface area contributed by atoms with Gasteiger partial charge in [0, 0.05) is 12.4 Å². The fourth-order valence-corrected chi connectivity index (χ4v) is 1.73. The number of aromatic nitrogens is 2. The predicted molar refractivity (Wildman–Crippen MR) is 52.3 cm³/mol. The zero-order valence-electron chi connectivity index (χ0n) is 7.04. The number of aromatic carboxylic acids is 1. The number of rotatable bonds is 2. The number of carboxylic acid groups (broad SMARTS) is 1. The van der Waals surface area contributed by atoms with E-state index in [0.29, 0.717) is 0 Å². The summed E-state index contributed by atoms with van der Waals surface area (Å²) in [6.07, 6.45) is 3.19. The molecule has 14 heavy (non-hydrogen) atoms. The summed E-state index contributed by atoms with van der Waals surface area (Å²) < 4.78 is 0. The number of nitrogens with zero attached hydrogens (tertiary/aromatic N) is 2. The lowest BCUT2D eigenvalue weighted by atomic mass is 10.3. The molecule has 0 saturated carbocycles. The largest absolute Gasteiger partial charge is 0.476 e. The molecule has 0 aliphatic heterocycles. The van der Waals surface area contributed by atoms with Crippen molar-refractivity contribution in [1.29, 1.82) is 0 Å². The van der Waals surface area contributed by atoms with Gasteiger partial charge in [0.25, 0.3) is 0 Å². The average Bonchev–Trinajstić information content (AvgIpc) is 2.68. The fraction of sp³-hybridized carbons (Fsp3) is 0. The zero-order chi connectivity index (χ0) is 9.97. The van der Waals surface area contributed by atoms with Gasteiger partial charge < -0.3 is 5.11 Å². The van der Waals surface area contributed by atoms with Gasteiger partial charge in [0.2, 0.25) is 5.01 Å². The number of hydrogen-bond donors (Lipinski definition) is 1. The van der Waals surface area contributed by atoms with Gasteiger partial charge in [0.05, 0.1) is 10.6 Å². The predicted octanol–water partition coefficient (Wildman–Crippen LogP) is 1.90. The van der Waals surface area contributed by atoms with E-state index in [1.54, 1.807) is 6.20 Å². The van der Waals surface area contributed by atoms with Gasteiger partial charge in [-0.2, -0.15) is 0 Å². The smallest absolute Gasteiger partial charge is 0.365 e. The summed E-state index contributed by atoms with van der Waals surface area (Å²) >= 11 is 1.12. The highest BCUT2D eigenvalue weighted by Gasteiger charge is 2.10. The second kappa shape index (κ2) is 3.55. The number of carbonyl (C=O) groups is 1. The summed E-state index contributed by atoms with van der Waals surface area (Å²) in [7, 11) is 0. The van der Waals surface area contributed by atoms with E-state index in [9.17, 15) is 4.79 Å². The Balaban J connectivity index is 2.39. The van der Waals surface area contributed by atoms with Crippen LogP contribution in [0.5, 0.6) is 0 Å². The number of thiazole rings is 1. The van der Waals surface area contributed by atoms with E-state index < -0.39 is 5.97 Å². The van der Waals surface area contributed by atoms with E-state index in [-0.39, 0.29) is 5.01 Å². The van der Waals surface area contributed by atoms with Crippen molar-refractivity contribution >= 4 is 17.3 Å². The maximum atomic E-state index is 10.6. The van der Waals surface area contributed by atoms with Crippen molar-refractivity contribution in [3.63, 3.8) is 0 Å². The Morgan fingerprint density at radius 1 is 1.36 bits per heavy atom. The van der Waals surface area contributed by atoms with Crippen LogP contribution in [0.1, 0.15) is 9.80 Å². The fourth-order valence-electron chi connectivity index (χ4n) is 1.000. The number of pyridine rings is 1. The molecule has 0 atom stereocenters. The minimum absolute atomic E-state index is 0.0886. The standard InChI is InChI=1S/C9H6N2O2S/c12-9(13)8-11-5-7(14-8)6-3-1-2-4-10-6/h1-5H,(H,12,13). The number of carboxylic acids is 1. The molecule has 0 unspecified atom stereocenters. The Hall–Kier alpha value is -1.75. The normalized spacial score (nSPS) is 10.0. The molecule has 4 nitrogen and oxygen atoms in total. The maximum Gasteiger partial charge on any atom is 0.365 e. The summed E-state index contributed by atoms with van der Waals surface area (Å²) in [5.74, 6) is -1.00. The Kier molecular flexibility index (Phi) is 2.24. The molecule has 0 radical (unpaired) electrons. The van der Waals surface area contributed by atoms with Gasteiger partial charge in [-0.15, -0.1) is 11.3 Å². The summed E-state index contributed by atoms with van der Waals surface area (Å²) in [5.41, 5.74) is 0.748. The second-order valence-corrected chi connectivity index (χ2v) is 3.58. The van der Waals surface area contributed by atoms with Crippen LogP contribution in [-0.4, -0.2) is 21.0 Å². The molecule has 0 aromatic carbocycles. The van der Waals surface area contributed by atoms with E-state index in [1.165, 1.54) is 6.20 Å². The average molecular weight is 206 g/mol. The number of hydrogen-bond acceptors (Lipinski definition) is 4. The highest BCUT2D eigenvalue weighted by molar-refractivity contribution is 7.16. The van der Waals surface area contributed by atoms with Crippen LogP contribution in [0.3, 0.4) is 0 Å². The third-order valence-corrected chi connectivity index (χ3v) is 2.61. The first-order valence-electron chi connectivity index (χ1n) is 3.88. The lowest BCUT2D eigenvalue weighted by Crippen LogP contribution is -1.92. The highest BCUT2D eigenvalue weighted by atomic mass is 32.1. The maximum absolute atomic E-state index is 10.6. The lowest BCUT2D eigenvalue weighted by Gasteiger charge is -1.91. The summed E-state index contributed by atoms with van der Waals surface area (Å²) in [4.78, 5) is 19.2. The molecular weight excluding hydrogens is 200 g/mol. The van der Waals surface area contributed by atoms with Gasteiger partial charge >= 0.3 is 5.97 Å². The van der Waals surface area contributed by atoms with E-state index >= 15 is 0 Å². The molecule has 1 N–H and O–H groups in total. The van der Waals surface area contributed by atoms with Crippen LogP contribution in [0.25, 0.3) is 10.6 Å². The molecule has 2 heterocycles. The minimum Gasteiger partial charge on any atom is -0.476 e. The molecule has 0 amide bonds. The molecule has 0 fully saturated rings. The molecule has 2 rings (SSSR count). The van der Waals surface area contributed by atoms with Gasteiger partial charge in [0.1, 0.15) is 0 Å². The Morgan fingerprint density at radius 3 is 2.79 bits per heavy atom. The van der Waals surface area contributed by atoms with Crippen molar-refractivity contribution < 1.29 is 9.90 Å². The SMILES string of the molecule is O=C(O)c1ncc(-c2ccccn2)s1. The first-order chi connectivity index (χ1) is 6.77. The van der Waals surface area contributed by atoms with Gasteiger partial charge in [-0.1, -0.05) is 6.07 Å². The molecular formula is C9H6N2O2S. The highest BCUT2D eigenvalue weighted by Crippen LogP contribution is 2.23. The van der Waals surface area contributed by atoms with Gasteiger partial charge in [0.15, 0.2) is 0 Å². The summed E-state index contributed by atoms with van der Waals surface area (Å²) in [6.45, 7) is 0. The van der Waals surface area contributed by atoms with Crippen molar-refractivity contribution in [2.45, 2.75) is 0 Å². The zero-order valence-corrected chi connectivity index (χ0v) is 7.86. The topological polar surface area (TPSA) is 63.1 Å². The monoisotopic (exact) mass is 206 g/mol. The van der Waals surface area contributed by atoms with E-state index in [2.05, 4.69) is 9.97 Å². The van der Waals surface area contributed by atoms with E-state index in [0.717, 1.165) is 21.9 Å². The van der Waals surface area contributed by atoms with E-state index in [1.807, 2.05) is 18.2 Å². The molecule has 0 bridgehead atoms. The van der Waals surface area contributed by atoms with Crippen molar-refractivity contribution in [1.82, 2.24) is 9.97 Å². The Morgan fingerprint density at radius 2 is 2.21 bits per heavy atom.